The van der Waals surface area contributed by atoms with Crippen LogP contribution < -0.4 is 5.32 Å². The maximum absolute atomic E-state index is 11.9. The Kier molecular flexibility index (Phi) is 23.7. The molecule has 3 N–H and O–H groups in total. The van der Waals surface area contributed by atoms with E-state index in [1.807, 2.05) is 14.1 Å². The third-order valence-electron chi connectivity index (χ3n) is 5.39. The predicted octanol–water partition coefficient (Wildman–Crippen LogP) is 5.22. The average molecular weight is 479 g/mol. The fourth-order valence-corrected chi connectivity index (χ4v) is 3.46. The van der Waals surface area contributed by atoms with Gasteiger partial charge in [0, 0.05) is 37.0 Å². The number of amides is 1. The summed E-state index contributed by atoms with van der Waals surface area (Å²) in [5, 5.41) is 20.1. The zero-order chi connectivity index (χ0) is 24.8. The number of carbonyl (C=O) groups is 3. The lowest BCUT2D eigenvalue weighted by Crippen LogP contribution is -2.31. The molecule has 0 saturated carbocycles. The van der Waals surface area contributed by atoms with Gasteiger partial charge in [-0.2, -0.15) is 0 Å². The third-order valence-corrected chi connectivity index (χ3v) is 5.39. The van der Waals surface area contributed by atoms with Crippen LogP contribution in [0, 0.1) is 5.92 Å². The van der Waals surface area contributed by atoms with Crippen LogP contribution in [0.2, 0.25) is 0 Å². The molecule has 7 nitrogen and oxygen atoms in total. The molecule has 0 saturated heterocycles. The minimum atomic E-state index is -1.36. The van der Waals surface area contributed by atoms with Crippen LogP contribution in [0.1, 0.15) is 97.3 Å². The quantitative estimate of drug-likeness (QED) is 0.173. The molecule has 0 radical (unpaired) electrons. The number of nitrogens with one attached hydrogen (secondary N) is 1. The molecule has 8 heteroatoms. The van der Waals surface area contributed by atoms with Crippen molar-refractivity contribution in [2.45, 2.75) is 103 Å². The van der Waals surface area contributed by atoms with Crippen LogP contribution in [-0.4, -0.2) is 65.5 Å². The predicted molar refractivity (Wildman–Crippen MR) is 131 cm³/mol. The van der Waals surface area contributed by atoms with Crippen molar-refractivity contribution < 1.29 is 24.6 Å². The van der Waals surface area contributed by atoms with Crippen molar-refractivity contribution in [3.05, 3.63) is 0 Å². The van der Waals surface area contributed by atoms with Gasteiger partial charge in [-0.25, -0.2) is 4.79 Å². The van der Waals surface area contributed by atoms with E-state index in [1.54, 1.807) is 6.92 Å². The van der Waals surface area contributed by atoms with Gasteiger partial charge in [0.2, 0.25) is 5.91 Å². The molecular formula is C24H47ClN2O5. The number of ketones is 1. The van der Waals surface area contributed by atoms with Crippen LogP contribution in [-0.2, 0) is 9.59 Å². The number of nitrogens with zero attached hydrogens (tertiary/aromatic N) is 1. The van der Waals surface area contributed by atoms with Crippen molar-refractivity contribution in [2.24, 2.45) is 5.92 Å². The molecule has 0 spiro atoms. The molecule has 0 aromatic carbocycles. The molecule has 0 fully saturated rings. The van der Waals surface area contributed by atoms with Gasteiger partial charge in [0.15, 0.2) is 0 Å². The fourth-order valence-electron chi connectivity index (χ4n) is 3.46. The Labute approximate surface area is 200 Å². The average Bonchev–Trinajstić information content (AvgIpc) is 2.68. The zero-order valence-corrected chi connectivity index (χ0v) is 21.5. The minimum Gasteiger partial charge on any atom is -0.469 e. The van der Waals surface area contributed by atoms with Gasteiger partial charge in [0.25, 0.3) is 0 Å². The summed E-state index contributed by atoms with van der Waals surface area (Å²) in [6.45, 7) is 5.44. The van der Waals surface area contributed by atoms with Crippen molar-refractivity contribution in [1.82, 2.24) is 10.2 Å². The summed E-state index contributed by atoms with van der Waals surface area (Å²) in [7, 11) is 3.99. The lowest BCUT2D eigenvalue weighted by atomic mass is 9.91. The summed E-state index contributed by atoms with van der Waals surface area (Å²) in [6.07, 6.45) is 12.4. The number of aliphatic hydroxyl groups excluding tert-OH is 1. The monoisotopic (exact) mass is 478 g/mol. The first-order valence-electron chi connectivity index (χ1n) is 12.1. The minimum absolute atomic E-state index is 0.136. The van der Waals surface area contributed by atoms with Gasteiger partial charge in [-0.1, -0.05) is 51.9 Å². The second-order valence-corrected chi connectivity index (χ2v) is 9.07. The standard InChI is InChI=1S/C23H46N2O3.CHClO2/c1-5-6-9-15-22(27)16-12-14-21(20(2)26)13-10-7-8-11-17-23(28)24-18-19-25(3)4;2-1(3)4/h21-22,27H,5-19H2,1-4H3,(H,24,28);(H,3,4). The highest BCUT2D eigenvalue weighted by Crippen LogP contribution is 2.20. The van der Waals surface area contributed by atoms with Gasteiger partial charge in [-0.05, 0) is 53.1 Å². The van der Waals surface area contributed by atoms with Crippen molar-refractivity contribution in [3.8, 4) is 0 Å². The van der Waals surface area contributed by atoms with E-state index in [1.165, 1.54) is 12.8 Å². The zero-order valence-electron chi connectivity index (χ0n) is 20.7. The number of hydrogen-bond donors (Lipinski definition) is 3. The number of hydrogen-bond acceptors (Lipinski definition) is 5. The van der Waals surface area contributed by atoms with Gasteiger partial charge in [0.1, 0.15) is 5.78 Å². The van der Waals surface area contributed by atoms with E-state index in [0.29, 0.717) is 13.0 Å². The van der Waals surface area contributed by atoms with Gasteiger partial charge in [0.05, 0.1) is 6.10 Å². The lowest BCUT2D eigenvalue weighted by molar-refractivity contribution is -0.121. The first-order chi connectivity index (χ1) is 15.1. The Bertz CT molecular complexity index is 485. The van der Waals surface area contributed by atoms with Crippen LogP contribution in [0.3, 0.4) is 0 Å². The van der Waals surface area contributed by atoms with Crippen LogP contribution in [0.5, 0.6) is 0 Å². The first-order valence-corrected chi connectivity index (χ1v) is 12.5. The summed E-state index contributed by atoms with van der Waals surface area (Å²) < 4.78 is 0. The van der Waals surface area contributed by atoms with Gasteiger partial charge < -0.3 is 20.4 Å². The Morgan fingerprint density at radius 1 is 0.906 bits per heavy atom. The van der Waals surface area contributed by atoms with Crippen molar-refractivity contribution in [2.75, 3.05) is 27.2 Å². The number of unbranched alkanes of at least 4 members (excludes halogenated alkanes) is 5. The number of halogens is 1. The smallest absolute Gasteiger partial charge is 0.401 e. The molecule has 2 unspecified atom stereocenters. The van der Waals surface area contributed by atoms with Gasteiger partial charge in [-0.3, -0.25) is 9.59 Å². The number of aliphatic hydroxyl groups is 1. The molecule has 0 aliphatic rings. The van der Waals surface area contributed by atoms with Crippen LogP contribution >= 0.6 is 11.6 Å². The molecule has 190 valence electrons. The normalized spacial score (nSPS) is 12.6. The fraction of sp³-hybridized carbons (Fsp3) is 0.875. The highest BCUT2D eigenvalue weighted by Gasteiger charge is 2.14. The van der Waals surface area contributed by atoms with Crippen LogP contribution in [0.4, 0.5) is 4.79 Å². The molecule has 0 aromatic rings. The highest BCUT2D eigenvalue weighted by atomic mass is 35.5. The maximum atomic E-state index is 11.9. The summed E-state index contributed by atoms with van der Waals surface area (Å²) in [5.74, 6) is 0.555. The number of carbonyl (C=O) groups excluding carboxylic acids is 2. The van der Waals surface area contributed by atoms with E-state index in [0.717, 1.165) is 70.8 Å². The summed E-state index contributed by atoms with van der Waals surface area (Å²) in [6, 6.07) is 0. The van der Waals surface area contributed by atoms with Crippen molar-refractivity contribution in [1.29, 1.82) is 0 Å². The number of carboxylic acid groups (broad SMARTS) is 1. The molecule has 0 aliphatic carbocycles. The Morgan fingerprint density at radius 2 is 1.44 bits per heavy atom. The lowest BCUT2D eigenvalue weighted by Gasteiger charge is -2.15. The second kappa shape index (κ2) is 23.0. The first kappa shape index (κ1) is 33.0. The Hall–Kier alpha value is -1.18. The van der Waals surface area contributed by atoms with E-state index in [2.05, 4.69) is 28.7 Å². The van der Waals surface area contributed by atoms with Gasteiger partial charge >= 0.3 is 5.43 Å². The molecular weight excluding hydrogens is 432 g/mol. The van der Waals surface area contributed by atoms with Gasteiger partial charge in [-0.15, -0.1) is 0 Å². The maximum Gasteiger partial charge on any atom is 0.401 e. The van der Waals surface area contributed by atoms with E-state index in [-0.39, 0.29) is 23.7 Å². The number of Topliss-reactive ketones (excluding diaryl/α,β-unsaturated/α-hetero) is 1. The Morgan fingerprint density at radius 3 is 2.00 bits per heavy atom. The molecule has 32 heavy (non-hydrogen) atoms. The van der Waals surface area contributed by atoms with Crippen molar-refractivity contribution >= 4 is 28.7 Å². The van der Waals surface area contributed by atoms with E-state index < -0.39 is 5.43 Å². The summed E-state index contributed by atoms with van der Waals surface area (Å²) in [4.78, 5) is 34.4. The highest BCUT2D eigenvalue weighted by molar-refractivity contribution is 6.60. The van der Waals surface area contributed by atoms with Crippen LogP contribution in [0.15, 0.2) is 0 Å². The topological polar surface area (TPSA) is 107 Å². The van der Waals surface area contributed by atoms with E-state index >= 15 is 0 Å². The number of likely N-dealkylation sites (N-methyl/N-ethyl adjacent to an activating group) is 1. The van der Waals surface area contributed by atoms with Crippen molar-refractivity contribution in [3.63, 3.8) is 0 Å². The molecule has 2 atom stereocenters. The van der Waals surface area contributed by atoms with E-state index in [9.17, 15) is 14.7 Å². The molecule has 0 aromatic heterocycles. The third kappa shape index (κ3) is 26.9. The van der Waals surface area contributed by atoms with Crippen LogP contribution in [0.25, 0.3) is 0 Å². The summed E-state index contributed by atoms with van der Waals surface area (Å²) >= 11 is 4.19. The molecule has 0 aliphatic heterocycles. The molecule has 1 amide bonds. The van der Waals surface area contributed by atoms with E-state index in [4.69, 9.17) is 9.90 Å². The Balaban J connectivity index is 0. The largest absolute Gasteiger partial charge is 0.469 e. The second-order valence-electron chi connectivity index (χ2n) is 8.75. The SMILES string of the molecule is CCCCCC(O)CCCC(CCCCCCC(=O)NCCN(C)C)C(C)=O.O=C(O)Cl. The number of rotatable bonds is 19. The molecule has 0 bridgehead atoms. The summed E-state index contributed by atoms with van der Waals surface area (Å²) in [5.41, 5.74) is -1.36. The molecule has 0 heterocycles. The molecule has 0 rings (SSSR count).